The van der Waals surface area contributed by atoms with E-state index in [9.17, 15) is 4.79 Å². The average Bonchev–Trinajstić information content (AvgIpc) is 2.55. The summed E-state index contributed by atoms with van der Waals surface area (Å²) in [6, 6.07) is 2.17. The van der Waals surface area contributed by atoms with Gasteiger partial charge in [-0.15, -0.1) is 0 Å². The van der Waals surface area contributed by atoms with E-state index in [0.29, 0.717) is 13.0 Å². The van der Waals surface area contributed by atoms with E-state index in [0.717, 1.165) is 17.8 Å². The third kappa shape index (κ3) is 3.66. The molecule has 1 rings (SSSR count). The fourth-order valence-electron chi connectivity index (χ4n) is 1.56. The Hall–Kier alpha value is -1.36. The summed E-state index contributed by atoms with van der Waals surface area (Å²) < 4.78 is 1.86. The first-order valence-corrected chi connectivity index (χ1v) is 5.56. The molecule has 0 fully saturated rings. The summed E-state index contributed by atoms with van der Waals surface area (Å²) in [5, 5.41) is 7.60. The van der Waals surface area contributed by atoms with E-state index < -0.39 is 0 Å². The van der Waals surface area contributed by atoms with Crippen LogP contribution in [-0.4, -0.2) is 21.7 Å². The van der Waals surface area contributed by atoms with Crippen LogP contribution in [0.4, 0.5) is 0 Å². The number of hydrogen-bond acceptors (Lipinski definition) is 3. The van der Waals surface area contributed by atoms with Gasteiger partial charge in [0.05, 0.1) is 11.4 Å². The van der Waals surface area contributed by atoms with Crippen LogP contribution in [0.2, 0.25) is 0 Å². The van der Waals surface area contributed by atoms with Crippen molar-refractivity contribution in [2.45, 2.75) is 39.3 Å². The summed E-state index contributed by atoms with van der Waals surface area (Å²) >= 11 is 0. The Kier molecular flexibility index (Phi) is 4.49. The highest BCUT2D eigenvalue weighted by molar-refractivity contribution is 5.74. The zero-order chi connectivity index (χ0) is 12.1. The molecule has 1 heterocycles. The Morgan fingerprint density at radius 2 is 2.38 bits per heavy atom. The van der Waals surface area contributed by atoms with E-state index in [2.05, 4.69) is 23.4 Å². The van der Waals surface area contributed by atoms with Crippen LogP contribution >= 0.6 is 0 Å². The van der Waals surface area contributed by atoms with Crippen molar-refractivity contribution in [3.63, 3.8) is 0 Å². The second-order valence-corrected chi connectivity index (χ2v) is 4.06. The molecule has 1 unspecified atom stereocenters. The lowest BCUT2D eigenvalue weighted by Gasteiger charge is -2.11. The first-order chi connectivity index (χ1) is 7.52. The van der Waals surface area contributed by atoms with Gasteiger partial charge in [-0.25, -0.2) is 0 Å². The number of aromatic nitrogens is 2. The molecule has 0 radical (unpaired) electrons. The van der Waals surface area contributed by atoms with E-state index in [4.69, 9.17) is 5.73 Å². The van der Waals surface area contributed by atoms with Crippen LogP contribution in [-0.2, 0) is 24.8 Å². The van der Waals surface area contributed by atoms with Gasteiger partial charge in [-0.1, -0.05) is 6.92 Å². The van der Waals surface area contributed by atoms with Gasteiger partial charge in [0.15, 0.2) is 0 Å². The topological polar surface area (TPSA) is 72.9 Å². The van der Waals surface area contributed by atoms with Gasteiger partial charge in [0.25, 0.3) is 0 Å². The summed E-state index contributed by atoms with van der Waals surface area (Å²) in [7, 11) is 1.93. The predicted molar refractivity (Wildman–Crippen MR) is 62.7 cm³/mol. The molecule has 1 aromatic rings. The Morgan fingerprint density at radius 3 is 2.88 bits per heavy atom. The summed E-state index contributed by atoms with van der Waals surface area (Å²) in [4.78, 5) is 10.7. The van der Waals surface area contributed by atoms with Crippen molar-refractivity contribution in [1.29, 1.82) is 0 Å². The van der Waals surface area contributed by atoms with Crippen LogP contribution in [0.3, 0.4) is 0 Å². The third-order valence-corrected chi connectivity index (χ3v) is 2.53. The SMILES string of the molecule is CCc1cc(CNC(C)CC(N)=O)n(C)n1. The van der Waals surface area contributed by atoms with Gasteiger partial charge in [0.1, 0.15) is 0 Å². The lowest BCUT2D eigenvalue weighted by molar-refractivity contribution is -0.118. The Bertz CT molecular complexity index is 359. The molecule has 16 heavy (non-hydrogen) atoms. The van der Waals surface area contributed by atoms with Gasteiger partial charge in [0.2, 0.25) is 5.91 Å². The summed E-state index contributed by atoms with van der Waals surface area (Å²) in [5.41, 5.74) is 7.33. The molecule has 0 aliphatic heterocycles. The molecule has 1 atom stereocenters. The summed E-state index contributed by atoms with van der Waals surface area (Å²) in [6.07, 6.45) is 1.29. The molecule has 90 valence electrons. The molecule has 1 amide bonds. The van der Waals surface area contributed by atoms with Crippen LogP contribution < -0.4 is 11.1 Å². The van der Waals surface area contributed by atoms with Crippen LogP contribution in [0.15, 0.2) is 6.07 Å². The number of primary amides is 1. The monoisotopic (exact) mass is 224 g/mol. The third-order valence-electron chi connectivity index (χ3n) is 2.53. The minimum atomic E-state index is -0.278. The molecule has 0 spiro atoms. The van der Waals surface area contributed by atoms with Crippen LogP contribution in [0.1, 0.15) is 31.7 Å². The molecule has 1 aromatic heterocycles. The number of amides is 1. The average molecular weight is 224 g/mol. The number of aryl methyl sites for hydroxylation is 2. The number of nitrogens with zero attached hydrogens (tertiary/aromatic N) is 2. The fourth-order valence-corrected chi connectivity index (χ4v) is 1.56. The number of nitrogens with two attached hydrogens (primary N) is 1. The molecule has 0 aromatic carbocycles. The lowest BCUT2D eigenvalue weighted by Crippen LogP contribution is -2.31. The Balaban J connectivity index is 2.47. The predicted octanol–water partition coefficient (Wildman–Crippen LogP) is 0.336. The highest BCUT2D eigenvalue weighted by Crippen LogP contribution is 2.04. The number of nitrogens with one attached hydrogen (secondary N) is 1. The van der Waals surface area contributed by atoms with E-state index in [1.54, 1.807) is 0 Å². The van der Waals surface area contributed by atoms with Gasteiger partial charge in [-0.3, -0.25) is 9.48 Å². The zero-order valence-electron chi connectivity index (χ0n) is 10.2. The number of hydrogen-bond donors (Lipinski definition) is 2. The van der Waals surface area contributed by atoms with Crippen molar-refractivity contribution in [1.82, 2.24) is 15.1 Å². The minimum absolute atomic E-state index is 0.0949. The van der Waals surface area contributed by atoms with Gasteiger partial charge in [-0.2, -0.15) is 5.10 Å². The maximum atomic E-state index is 10.7. The van der Waals surface area contributed by atoms with E-state index in [1.165, 1.54) is 0 Å². The first-order valence-electron chi connectivity index (χ1n) is 5.56. The van der Waals surface area contributed by atoms with Crippen molar-refractivity contribution in [2.75, 3.05) is 0 Å². The number of carbonyl (C=O) groups is 1. The summed E-state index contributed by atoms with van der Waals surface area (Å²) in [5.74, 6) is -0.278. The van der Waals surface area contributed by atoms with Crippen LogP contribution in [0.25, 0.3) is 0 Å². The van der Waals surface area contributed by atoms with E-state index >= 15 is 0 Å². The minimum Gasteiger partial charge on any atom is -0.370 e. The number of rotatable bonds is 6. The molecule has 5 heteroatoms. The Morgan fingerprint density at radius 1 is 1.69 bits per heavy atom. The van der Waals surface area contributed by atoms with Crippen LogP contribution in [0, 0.1) is 0 Å². The highest BCUT2D eigenvalue weighted by atomic mass is 16.1. The fraction of sp³-hybridized carbons (Fsp3) is 0.636. The van der Waals surface area contributed by atoms with Crippen molar-refractivity contribution in [3.05, 3.63) is 17.5 Å². The molecule has 3 N–H and O–H groups in total. The maximum absolute atomic E-state index is 10.7. The second kappa shape index (κ2) is 5.65. The first kappa shape index (κ1) is 12.7. The molecule has 0 bridgehead atoms. The van der Waals surface area contributed by atoms with Crippen LogP contribution in [0.5, 0.6) is 0 Å². The zero-order valence-corrected chi connectivity index (χ0v) is 10.2. The van der Waals surface area contributed by atoms with Crippen molar-refractivity contribution < 1.29 is 4.79 Å². The molecule has 0 aliphatic carbocycles. The maximum Gasteiger partial charge on any atom is 0.218 e. The lowest BCUT2D eigenvalue weighted by atomic mass is 10.2. The van der Waals surface area contributed by atoms with Crippen molar-refractivity contribution >= 4 is 5.91 Å². The molecule has 5 nitrogen and oxygen atoms in total. The standard InChI is InChI=1S/C11H20N4O/c1-4-9-6-10(15(3)14-9)7-13-8(2)5-11(12)16/h6,8,13H,4-5,7H2,1-3H3,(H2,12,16). The van der Waals surface area contributed by atoms with E-state index in [-0.39, 0.29) is 11.9 Å². The Labute approximate surface area is 96.0 Å². The van der Waals surface area contributed by atoms with E-state index in [1.807, 2.05) is 18.7 Å². The quantitative estimate of drug-likeness (QED) is 0.731. The van der Waals surface area contributed by atoms with Gasteiger partial charge in [0, 0.05) is 26.1 Å². The highest BCUT2D eigenvalue weighted by Gasteiger charge is 2.08. The normalized spacial score (nSPS) is 12.7. The molecular formula is C11H20N4O. The van der Waals surface area contributed by atoms with Crippen molar-refractivity contribution in [3.8, 4) is 0 Å². The second-order valence-electron chi connectivity index (χ2n) is 4.06. The molecule has 0 saturated carbocycles. The van der Waals surface area contributed by atoms with Gasteiger partial charge < -0.3 is 11.1 Å². The summed E-state index contributed by atoms with van der Waals surface area (Å²) in [6.45, 7) is 4.73. The largest absolute Gasteiger partial charge is 0.370 e. The molecule has 0 aliphatic rings. The van der Waals surface area contributed by atoms with Crippen molar-refractivity contribution in [2.24, 2.45) is 12.8 Å². The number of carbonyl (C=O) groups excluding carboxylic acids is 1. The van der Waals surface area contributed by atoms with Gasteiger partial charge >= 0.3 is 0 Å². The smallest absolute Gasteiger partial charge is 0.218 e. The molecule has 0 saturated heterocycles. The van der Waals surface area contributed by atoms with Gasteiger partial charge in [-0.05, 0) is 19.4 Å². The molecular weight excluding hydrogens is 204 g/mol.